The monoisotopic (exact) mass is 232 g/mol. The molecule has 3 unspecified atom stereocenters. The van der Waals surface area contributed by atoms with E-state index in [0.29, 0.717) is 0 Å². The summed E-state index contributed by atoms with van der Waals surface area (Å²) >= 11 is 0. The van der Waals surface area contributed by atoms with E-state index in [0.717, 1.165) is 0 Å². The van der Waals surface area contributed by atoms with Crippen LogP contribution in [0.5, 0.6) is 0 Å². The largest absolute Gasteiger partial charge is 1.00 e. The van der Waals surface area contributed by atoms with Crippen LogP contribution in [0.25, 0.3) is 0 Å². The van der Waals surface area contributed by atoms with Crippen LogP contribution in [0, 0.1) is 0 Å². The Balaban J connectivity index is 0. The Morgan fingerprint density at radius 2 is 1.57 bits per heavy atom. The molecule has 1 saturated carbocycles. The van der Waals surface area contributed by atoms with Gasteiger partial charge in [-0.2, -0.15) is 0 Å². The van der Waals surface area contributed by atoms with Crippen molar-refractivity contribution < 1.29 is 83.1 Å². The van der Waals surface area contributed by atoms with Crippen molar-refractivity contribution in [3.8, 4) is 0 Å². The zero-order chi connectivity index (χ0) is 10.2. The van der Waals surface area contributed by atoms with Crippen molar-refractivity contribution in [2.75, 3.05) is 0 Å². The van der Waals surface area contributed by atoms with Gasteiger partial charge in [-0.3, -0.25) is 0 Å². The average Bonchev–Trinajstić information content (AvgIpc) is 2.00. The summed E-state index contributed by atoms with van der Waals surface area (Å²) in [6.45, 7) is 0. The minimum absolute atomic E-state index is 0. The number of carboxylic acid groups (broad SMARTS) is 1. The minimum Gasteiger partial charge on any atom is -1.00 e. The predicted molar refractivity (Wildman–Crippen MR) is 41.0 cm³/mol. The molecule has 5 N–H and O–H groups in total. The topological polar surface area (TPSA) is 118 Å². The van der Waals surface area contributed by atoms with Gasteiger partial charge in [0.05, 0.1) is 12.2 Å². The maximum atomic E-state index is 10.5. The molecule has 0 aliphatic heterocycles. The summed E-state index contributed by atoms with van der Waals surface area (Å²) in [5, 5.41) is 45.2. The maximum absolute atomic E-state index is 10.5. The van der Waals surface area contributed by atoms with Gasteiger partial charge < -0.3 is 27.0 Å². The van der Waals surface area contributed by atoms with Crippen molar-refractivity contribution in [3.63, 3.8) is 0 Å². The van der Waals surface area contributed by atoms with Gasteiger partial charge in [-0.25, -0.2) is 4.79 Å². The second-order valence-corrected chi connectivity index (χ2v) is 3.37. The number of carboxylic acids is 1. The molecule has 0 radical (unpaired) electrons. The normalized spacial score (nSPS) is 42.7. The van der Waals surface area contributed by atoms with Crippen LogP contribution in [0.1, 0.15) is 14.3 Å². The third kappa shape index (κ3) is 2.97. The van der Waals surface area contributed by atoms with Crippen molar-refractivity contribution >= 4 is 5.97 Å². The molecule has 0 heterocycles. The Kier molecular flexibility index (Phi) is 5.69. The van der Waals surface area contributed by atoms with E-state index in [1.54, 1.807) is 0 Å². The first-order valence-corrected chi connectivity index (χ1v) is 3.87. The summed E-state index contributed by atoms with van der Waals surface area (Å²) in [6, 6.07) is 0. The van der Waals surface area contributed by atoms with Gasteiger partial charge >= 0.3 is 57.4 Å². The maximum Gasteiger partial charge on any atom is 1.00 e. The van der Waals surface area contributed by atoms with E-state index in [4.69, 9.17) is 20.4 Å². The van der Waals surface area contributed by atoms with Crippen molar-refractivity contribution in [3.05, 3.63) is 0 Å². The summed E-state index contributed by atoms with van der Waals surface area (Å²) in [6.07, 6.45) is -5.16. The summed E-state index contributed by atoms with van der Waals surface area (Å²) in [5.41, 5.74) is -2.14. The second kappa shape index (κ2) is 5.33. The Morgan fingerprint density at radius 3 is 1.86 bits per heavy atom. The number of aliphatic hydroxyl groups excluding tert-OH is 3. The Bertz CT molecular complexity index is 214. The molecule has 0 bridgehead atoms. The minimum atomic E-state index is -2.14. The van der Waals surface area contributed by atoms with Crippen LogP contribution >= 0.6 is 0 Å². The van der Waals surface area contributed by atoms with Crippen molar-refractivity contribution in [2.45, 2.75) is 36.8 Å². The summed E-state index contributed by atoms with van der Waals surface area (Å²) in [4.78, 5) is 10.5. The van der Waals surface area contributed by atoms with E-state index in [1.807, 2.05) is 0 Å². The smallest absolute Gasteiger partial charge is 1.00 e. The molecule has 7 heteroatoms. The molecule has 14 heavy (non-hydrogen) atoms. The third-order valence-corrected chi connectivity index (χ3v) is 2.28. The van der Waals surface area contributed by atoms with Gasteiger partial charge in [0.25, 0.3) is 0 Å². The molecule has 0 aromatic carbocycles. The number of hydrogen-bond acceptors (Lipinski definition) is 5. The molecule has 78 valence electrons. The summed E-state index contributed by atoms with van der Waals surface area (Å²) < 4.78 is 0. The molecule has 1 aliphatic rings. The first-order chi connectivity index (χ1) is 5.87. The van der Waals surface area contributed by atoms with Crippen molar-refractivity contribution in [1.29, 1.82) is 0 Å². The summed E-state index contributed by atoms with van der Waals surface area (Å²) in [5.74, 6) is -1.50. The van der Waals surface area contributed by atoms with E-state index in [-0.39, 0.29) is 52.8 Å². The summed E-state index contributed by atoms with van der Waals surface area (Å²) in [7, 11) is 0. The van der Waals surface area contributed by atoms with Gasteiger partial charge in [0, 0.05) is 12.8 Å². The van der Waals surface area contributed by atoms with Gasteiger partial charge in [-0.05, 0) is 0 Å². The van der Waals surface area contributed by atoms with E-state index < -0.39 is 42.7 Å². The molecule has 4 atom stereocenters. The van der Waals surface area contributed by atoms with Crippen LogP contribution in [0.4, 0.5) is 0 Å². The first kappa shape index (κ1) is 14.9. The van der Waals surface area contributed by atoms with Crippen LogP contribution in [0.2, 0.25) is 0 Å². The van der Waals surface area contributed by atoms with E-state index >= 15 is 0 Å². The third-order valence-electron chi connectivity index (χ3n) is 2.28. The first-order valence-electron chi connectivity index (χ1n) is 3.87. The van der Waals surface area contributed by atoms with Gasteiger partial charge in [-0.15, -0.1) is 0 Å². The van der Waals surface area contributed by atoms with E-state index in [2.05, 4.69) is 0 Å². The fourth-order valence-electron chi connectivity index (χ4n) is 1.45. The molecule has 0 aromatic rings. The Morgan fingerprint density at radius 1 is 1.21 bits per heavy atom. The van der Waals surface area contributed by atoms with Gasteiger partial charge in [0.15, 0.2) is 5.60 Å². The molecule has 0 aromatic heterocycles. The Labute approximate surface area is 124 Å². The van der Waals surface area contributed by atoms with Gasteiger partial charge in [-0.1, -0.05) is 0 Å². The molecule has 0 saturated heterocycles. The van der Waals surface area contributed by atoms with Crippen LogP contribution in [0.15, 0.2) is 0 Å². The van der Waals surface area contributed by atoms with Crippen LogP contribution in [-0.2, 0) is 4.79 Å². The van der Waals surface area contributed by atoms with Crippen LogP contribution in [-0.4, -0.2) is 55.4 Å². The molecular formula is C7H13KO6. The van der Waals surface area contributed by atoms with Gasteiger partial charge in [0.2, 0.25) is 0 Å². The fraction of sp³-hybridized carbons (Fsp3) is 0.857. The Hall–Kier alpha value is 0.946. The van der Waals surface area contributed by atoms with E-state index in [9.17, 15) is 9.90 Å². The van der Waals surface area contributed by atoms with Gasteiger partial charge in [0.1, 0.15) is 6.10 Å². The molecule has 1 aliphatic carbocycles. The SMILES string of the molecule is O=C(O)C1(O)CC(O)C(O)[C@H](O)C1.[H-].[K+]. The quantitative estimate of drug-likeness (QED) is 0.288. The molecule has 0 spiro atoms. The zero-order valence-corrected chi connectivity index (χ0v) is 10.9. The standard InChI is InChI=1S/C7H12O6.K.H/c8-3-1-7(13,6(11)12)2-4(9)5(3)10;;/h3-5,8-10,13H,1-2H2,(H,11,12);;/q;+1;-1/t3-,4?,5?,7?;;/m1../s1. The molecular weight excluding hydrogens is 219 g/mol. The average molecular weight is 232 g/mol. The molecule has 0 amide bonds. The van der Waals surface area contributed by atoms with Crippen LogP contribution < -0.4 is 51.4 Å². The number of rotatable bonds is 1. The predicted octanol–water partition coefficient (Wildman–Crippen LogP) is -5.20. The number of aliphatic hydroxyl groups is 4. The number of carbonyl (C=O) groups is 1. The second-order valence-electron chi connectivity index (χ2n) is 3.37. The number of aliphatic carboxylic acids is 1. The zero-order valence-electron chi connectivity index (χ0n) is 8.79. The van der Waals surface area contributed by atoms with Crippen molar-refractivity contribution in [2.24, 2.45) is 0 Å². The molecule has 6 nitrogen and oxygen atoms in total. The molecule has 1 fully saturated rings. The number of hydrogen-bond donors (Lipinski definition) is 5. The fourth-order valence-corrected chi connectivity index (χ4v) is 1.45. The van der Waals surface area contributed by atoms with Crippen molar-refractivity contribution in [1.82, 2.24) is 0 Å². The van der Waals surface area contributed by atoms with E-state index in [1.165, 1.54) is 0 Å². The molecule has 1 rings (SSSR count). The van der Waals surface area contributed by atoms with Crippen LogP contribution in [0.3, 0.4) is 0 Å².